The van der Waals surface area contributed by atoms with E-state index in [1.807, 2.05) is 0 Å². The first-order valence-corrected chi connectivity index (χ1v) is 7.24. The molecular formula is C16H16FNO4. The number of rotatable bonds is 4. The third-order valence-electron chi connectivity index (χ3n) is 3.79. The molecule has 1 aliphatic heterocycles. The van der Waals surface area contributed by atoms with Crippen LogP contribution in [0.3, 0.4) is 0 Å². The highest BCUT2D eigenvalue weighted by molar-refractivity contribution is 5.94. The normalized spacial score (nSPS) is 14.3. The van der Waals surface area contributed by atoms with Crippen LogP contribution in [-0.2, 0) is 11.3 Å². The van der Waals surface area contributed by atoms with Gasteiger partial charge in [-0.1, -0.05) is 0 Å². The fraction of sp³-hybridized carbons (Fsp3) is 0.375. The first-order valence-electron chi connectivity index (χ1n) is 7.24. The van der Waals surface area contributed by atoms with E-state index in [0.717, 1.165) is 25.0 Å². The fourth-order valence-electron chi connectivity index (χ4n) is 2.51. The number of aromatic hydroxyl groups is 1. The lowest BCUT2D eigenvalue weighted by Gasteiger charge is -2.19. The van der Waals surface area contributed by atoms with Gasteiger partial charge in [0.2, 0.25) is 5.43 Å². The summed E-state index contributed by atoms with van der Waals surface area (Å²) < 4.78 is 20.0. The molecule has 1 heterocycles. The number of pyridine rings is 1. The summed E-state index contributed by atoms with van der Waals surface area (Å²) in [6.07, 6.45) is 3.70. The van der Waals surface area contributed by atoms with E-state index in [2.05, 4.69) is 0 Å². The first kappa shape index (κ1) is 14.6. The van der Waals surface area contributed by atoms with Crippen LogP contribution in [-0.4, -0.2) is 22.2 Å². The molecule has 0 radical (unpaired) electrons. The van der Waals surface area contributed by atoms with Crippen LogP contribution in [0.1, 0.15) is 30.3 Å². The number of aromatic nitrogens is 1. The molecule has 116 valence electrons. The molecule has 1 N–H and O–H groups in total. The second-order valence-electron chi connectivity index (χ2n) is 5.51. The molecule has 0 aromatic heterocycles. The molecule has 1 fully saturated rings. The Balaban J connectivity index is 2.22. The van der Waals surface area contributed by atoms with Gasteiger partial charge in [-0.05, 0) is 31.7 Å². The van der Waals surface area contributed by atoms with Crippen molar-refractivity contribution in [3.8, 4) is 16.9 Å². The number of hydrogen-bond donors (Lipinski definition) is 1. The zero-order valence-corrected chi connectivity index (χ0v) is 12.1. The summed E-state index contributed by atoms with van der Waals surface area (Å²) in [6, 6.07) is 2.08. The molecule has 6 heteroatoms. The van der Waals surface area contributed by atoms with Gasteiger partial charge in [-0.15, -0.1) is 0 Å². The SMILES string of the molecule is CCOC(=O)c1c(O)c2cc(=O)c(F)cc-2cn1CC1CC1. The van der Waals surface area contributed by atoms with Crippen LogP contribution in [0, 0.1) is 11.7 Å². The maximum absolute atomic E-state index is 13.5. The number of hydrogen-bond acceptors (Lipinski definition) is 4. The van der Waals surface area contributed by atoms with Gasteiger partial charge in [0.1, 0.15) is 0 Å². The molecule has 0 atom stereocenters. The van der Waals surface area contributed by atoms with Gasteiger partial charge in [0.05, 0.1) is 6.61 Å². The monoisotopic (exact) mass is 305 g/mol. The van der Waals surface area contributed by atoms with Gasteiger partial charge in [0, 0.05) is 29.9 Å². The number of esters is 1. The summed E-state index contributed by atoms with van der Waals surface area (Å²) in [5.74, 6) is -1.43. The van der Waals surface area contributed by atoms with Crippen molar-refractivity contribution < 1.29 is 19.0 Å². The topological polar surface area (TPSA) is 68.5 Å². The van der Waals surface area contributed by atoms with Gasteiger partial charge in [-0.3, -0.25) is 4.79 Å². The molecule has 5 nitrogen and oxygen atoms in total. The number of carbonyl (C=O) groups excluding carboxylic acids is 1. The highest BCUT2D eigenvalue weighted by Gasteiger charge is 2.28. The lowest BCUT2D eigenvalue weighted by molar-refractivity contribution is 0.0508. The largest absolute Gasteiger partial charge is 0.505 e. The van der Waals surface area contributed by atoms with Crippen LogP contribution in [0.15, 0.2) is 23.1 Å². The Kier molecular flexibility index (Phi) is 3.60. The van der Waals surface area contributed by atoms with Crippen LogP contribution < -0.4 is 5.43 Å². The van der Waals surface area contributed by atoms with E-state index in [1.54, 1.807) is 17.7 Å². The fourth-order valence-corrected chi connectivity index (χ4v) is 2.51. The summed E-state index contributed by atoms with van der Waals surface area (Å²) >= 11 is 0. The van der Waals surface area contributed by atoms with Crippen molar-refractivity contribution in [1.29, 1.82) is 0 Å². The predicted molar refractivity (Wildman–Crippen MR) is 77.6 cm³/mol. The minimum absolute atomic E-state index is 0.00672. The third kappa shape index (κ3) is 2.56. The minimum atomic E-state index is -0.881. The molecule has 0 bridgehead atoms. The molecule has 3 aliphatic rings. The van der Waals surface area contributed by atoms with E-state index in [1.165, 1.54) is 0 Å². The molecule has 2 aliphatic carbocycles. The number of benzene rings is 1. The summed E-state index contributed by atoms with van der Waals surface area (Å²) in [7, 11) is 0. The van der Waals surface area contributed by atoms with Gasteiger partial charge in [0.25, 0.3) is 0 Å². The summed E-state index contributed by atoms with van der Waals surface area (Å²) in [5, 5.41) is 10.4. The molecule has 1 saturated carbocycles. The maximum atomic E-state index is 13.5. The standard InChI is InChI=1S/C16H16FNO4/c1-2-22-16(21)14-15(20)11-6-13(19)12(17)5-10(11)8-18(14)7-9-3-4-9/h5-6,8-9,20H,2-4,7H2,1H3. The molecule has 0 saturated heterocycles. The van der Waals surface area contributed by atoms with Crippen molar-refractivity contribution in [1.82, 2.24) is 4.57 Å². The molecular weight excluding hydrogens is 289 g/mol. The molecule has 0 amide bonds. The molecule has 0 unspecified atom stereocenters. The minimum Gasteiger partial charge on any atom is -0.505 e. The zero-order valence-electron chi connectivity index (χ0n) is 12.1. The van der Waals surface area contributed by atoms with Gasteiger partial charge >= 0.3 is 5.97 Å². The second kappa shape index (κ2) is 5.44. The molecule has 22 heavy (non-hydrogen) atoms. The lowest BCUT2D eigenvalue weighted by Crippen LogP contribution is -2.18. The van der Waals surface area contributed by atoms with Crippen LogP contribution in [0.2, 0.25) is 0 Å². The number of carbonyl (C=O) groups is 1. The van der Waals surface area contributed by atoms with Crippen molar-refractivity contribution >= 4 is 5.97 Å². The average molecular weight is 305 g/mol. The molecule has 0 aromatic carbocycles. The average Bonchev–Trinajstić information content (AvgIpc) is 3.26. The first-order chi connectivity index (χ1) is 10.5. The summed E-state index contributed by atoms with van der Waals surface area (Å²) in [6.45, 7) is 2.40. The Hall–Kier alpha value is -2.37. The Morgan fingerprint density at radius 2 is 2.18 bits per heavy atom. The lowest BCUT2D eigenvalue weighted by atomic mass is 10.0. The third-order valence-corrected chi connectivity index (χ3v) is 3.79. The Labute approximate surface area is 126 Å². The van der Waals surface area contributed by atoms with Crippen molar-refractivity contribution in [2.75, 3.05) is 6.61 Å². The second-order valence-corrected chi connectivity index (χ2v) is 5.51. The van der Waals surface area contributed by atoms with E-state index in [4.69, 9.17) is 4.74 Å². The van der Waals surface area contributed by atoms with Crippen LogP contribution in [0.5, 0.6) is 5.75 Å². The molecule has 0 spiro atoms. The van der Waals surface area contributed by atoms with Crippen LogP contribution >= 0.6 is 0 Å². The summed E-state index contributed by atoms with van der Waals surface area (Å²) in [4.78, 5) is 23.6. The smallest absolute Gasteiger partial charge is 0.358 e. The van der Waals surface area contributed by atoms with Crippen LogP contribution in [0.4, 0.5) is 4.39 Å². The Morgan fingerprint density at radius 1 is 1.45 bits per heavy atom. The van der Waals surface area contributed by atoms with Crippen molar-refractivity contribution in [2.45, 2.75) is 26.3 Å². The molecule has 0 aromatic rings. The van der Waals surface area contributed by atoms with E-state index < -0.39 is 17.2 Å². The van der Waals surface area contributed by atoms with Gasteiger partial charge in [-0.2, -0.15) is 0 Å². The van der Waals surface area contributed by atoms with E-state index >= 15 is 0 Å². The van der Waals surface area contributed by atoms with E-state index in [0.29, 0.717) is 18.0 Å². The predicted octanol–water partition coefficient (Wildman–Crippen LogP) is 2.38. The quantitative estimate of drug-likeness (QED) is 0.881. The van der Waals surface area contributed by atoms with Gasteiger partial charge < -0.3 is 14.4 Å². The zero-order chi connectivity index (χ0) is 15.9. The van der Waals surface area contributed by atoms with Gasteiger partial charge in [-0.25, -0.2) is 9.18 Å². The highest BCUT2D eigenvalue weighted by Crippen LogP contribution is 2.37. The molecule has 3 rings (SSSR count). The summed E-state index contributed by atoms with van der Waals surface area (Å²) in [5.41, 5.74) is -0.283. The highest BCUT2D eigenvalue weighted by atomic mass is 19.1. The van der Waals surface area contributed by atoms with E-state index in [-0.39, 0.29) is 23.6 Å². The maximum Gasteiger partial charge on any atom is 0.358 e. The van der Waals surface area contributed by atoms with Gasteiger partial charge in [0.15, 0.2) is 17.3 Å². The Bertz CT molecular complexity index is 764. The number of halogens is 1. The Morgan fingerprint density at radius 3 is 2.82 bits per heavy atom. The number of nitrogens with zero attached hydrogens (tertiary/aromatic N) is 1. The van der Waals surface area contributed by atoms with Crippen molar-refractivity contribution in [2.24, 2.45) is 5.92 Å². The number of fused-ring (bicyclic) bond motifs is 1. The van der Waals surface area contributed by atoms with E-state index in [9.17, 15) is 19.1 Å². The van der Waals surface area contributed by atoms with Crippen molar-refractivity contribution in [3.63, 3.8) is 0 Å². The van der Waals surface area contributed by atoms with Crippen LogP contribution in [0.25, 0.3) is 11.1 Å². The number of ether oxygens (including phenoxy) is 1. The van der Waals surface area contributed by atoms with Crippen molar-refractivity contribution in [3.05, 3.63) is 40.1 Å².